The second kappa shape index (κ2) is 9.28. The van der Waals surface area contributed by atoms with Crippen LogP contribution >= 0.6 is 0 Å². The molecule has 2 N–H and O–H groups in total. The van der Waals surface area contributed by atoms with Crippen molar-refractivity contribution in [2.24, 2.45) is 0 Å². The summed E-state index contributed by atoms with van der Waals surface area (Å²) in [5.74, 6) is -1.79. The molecule has 1 fully saturated rings. The number of hydrogen-bond acceptors (Lipinski definition) is 6. The Morgan fingerprint density at radius 3 is 2.56 bits per heavy atom. The summed E-state index contributed by atoms with van der Waals surface area (Å²) in [6.07, 6.45) is 5.20. The fourth-order valence-corrected chi connectivity index (χ4v) is 4.49. The number of nitrogens with one attached hydrogen (secondary N) is 2. The highest BCUT2D eigenvalue weighted by molar-refractivity contribution is 6.08. The summed E-state index contributed by atoms with van der Waals surface area (Å²) < 4.78 is 6.16. The third-order valence-corrected chi connectivity index (χ3v) is 6.74. The smallest absolute Gasteiger partial charge is 0.339 e. The van der Waals surface area contributed by atoms with E-state index in [1.54, 1.807) is 32.2 Å². The summed E-state index contributed by atoms with van der Waals surface area (Å²) in [6.45, 7) is 1.83. The Kier molecular flexibility index (Phi) is 6.41. The predicted octanol–water partition coefficient (Wildman–Crippen LogP) is 2.22. The zero-order chi connectivity index (χ0) is 24.5. The highest BCUT2D eigenvalue weighted by atomic mass is 16.5. The van der Waals surface area contributed by atoms with E-state index in [1.807, 2.05) is 0 Å². The third kappa shape index (κ3) is 4.27. The number of rotatable bonds is 5. The quantitative estimate of drug-likeness (QED) is 0.650. The van der Waals surface area contributed by atoms with Gasteiger partial charge in [-0.2, -0.15) is 5.10 Å². The summed E-state index contributed by atoms with van der Waals surface area (Å²) in [6, 6.07) is 7.95. The molecular formula is C24H29N5O5. The van der Waals surface area contributed by atoms with Crippen LogP contribution in [0.1, 0.15) is 70.4 Å². The van der Waals surface area contributed by atoms with Crippen LogP contribution in [-0.2, 0) is 16.1 Å². The van der Waals surface area contributed by atoms with Crippen LogP contribution < -0.4 is 10.6 Å². The molecule has 0 saturated heterocycles. The number of anilines is 1. The second-order valence-electron chi connectivity index (χ2n) is 9.01. The van der Waals surface area contributed by atoms with E-state index in [4.69, 9.17) is 4.74 Å². The average molecular weight is 468 g/mol. The zero-order valence-corrected chi connectivity index (χ0v) is 19.6. The Bertz CT molecular complexity index is 1140. The summed E-state index contributed by atoms with van der Waals surface area (Å²) in [4.78, 5) is 52.6. The summed E-state index contributed by atoms with van der Waals surface area (Å²) in [5.41, 5.74) is -0.445. The largest absolute Gasteiger partial charge is 0.465 e. The average Bonchev–Trinajstić information content (AvgIpc) is 3.27. The first-order valence-electron chi connectivity index (χ1n) is 11.4. The van der Waals surface area contributed by atoms with Crippen molar-refractivity contribution in [2.45, 2.75) is 57.2 Å². The molecule has 4 rings (SSSR count). The number of nitrogens with zero attached hydrogens (tertiary/aromatic N) is 3. The van der Waals surface area contributed by atoms with Crippen LogP contribution in [0.25, 0.3) is 0 Å². The molecule has 10 nitrogen and oxygen atoms in total. The van der Waals surface area contributed by atoms with Gasteiger partial charge in [-0.15, -0.1) is 0 Å². The molecule has 1 aliphatic carbocycles. The number of likely N-dealkylation sites (N-methyl/N-ethyl adjacent to an activating group) is 1. The van der Waals surface area contributed by atoms with Gasteiger partial charge in [0.05, 0.1) is 24.9 Å². The number of fused-ring (bicyclic) bond motifs is 1. The maximum atomic E-state index is 13.2. The molecule has 2 aliphatic rings. The van der Waals surface area contributed by atoms with Crippen molar-refractivity contribution >= 4 is 29.4 Å². The van der Waals surface area contributed by atoms with Crippen molar-refractivity contribution in [3.05, 3.63) is 47.3 Å². The highest BCUT2D eigenvalue weighted by Crippen LogP contribution is 2.28. The van der Waals surface area contributed by atoms with E-state index in [1.165, 1.54) is 35.2 Å². The third-order valence-electron chi connectivity index (χ3n) is 6.74. The lowest BCUT2D eigenvalue weighted by atomic mass is 9.92. The molecule has 0 unspecified atom stereocenters. The van der Waals surface area contributed by atoms with Gasteiger partial charge in [0.25, 0.3) is 11.8 Å². The van der Waals surface area contributed by atoms with Crippen molar-refractivity contribution in [2.75, 3.05) is 19.5 Å². The molecule has 0 radical (unpaired) electrons. The molecule has 2 aromatic rings. The molecule has 2 heterocycles. The zero-order valence-electron chi connectivity index (χ0n) is 19.6. The van der Waals surface area contributed by atoms with Crippen LogP contribution in [0.3, 0.4) is 0 Å². The Labute approximate surface area is 197 Å². The number of para-hydroxylation sites is 1. The van der Waals surface area contributed by atoms with Gasteiger partial charge < -0.3 is 20.3 Å². The molecule has 1 aliphatic heterocycles. The maximum Gasteiger partial charge on any atom is 0.339 e. The van der Waals surface area contributed by atoms with Gasteiger partial charge in [0, 0.05) is 19.2 Å². The van der Waals surface area contributed by atoms with E-state index in [0.717, 1.165) is 25.7 Å². The molecule has 0 bridgehead atoms. The second-order valence-corrected chi connectivity index (χ2v) is 9.01. The number of benzene rings is 1. The van der Waals surface area contributed by atoms with E-state index in [-0.39, 0.29) is 41.1 Å². The Morgan fingerprint density at radius 1 is 1.15 bits per heavy atom. The number of hydrogen-bond donors (Lipinski definition) is 2. The van der Waals surface area contributed by atoms with Crippen molar-refractivity contribution in [1.29, 1.82) is 0 Å². The number of amides is 3. The van der Waals surface area contributed by atoms with E-state index < -0.39 is 23.3 Å². The maximum absolute atomic E-state index is 13.2. The minimum absolute atomic E-state index is 0.00774. The summed E-state index contributed by atoms with van der Waals surface area (Å²) in [5, 5.41) is 10.1. The van der Waals surface area contributed by atoms with Gasteiger partial charge in [0.15, 0.2) is 5.69 Å². The molecule has 1 aromatic carbocycles. The van der Waals surface area contributed by atoms with Crippen molar-refractivity contribution < 1.29 is 23.9 Å². The van der Waals surface area contributed by atoms with Gasteiger partial charge in [0.1, 0.15) is 11.2 Å². The van der Waals surface area contributed by atoms with Gasteiger partial charge in [-0.25, -0.2) is 4.79 Å². The molecule has 3 amide bonds. The molecular weight excluding hydrogens is 438 g/mol. The van der Waals surface area contributed by atoms with Crippen molar-refractivity contribution in [3.63, 3.8) is 0 Å². The standard InChI is InChI=1S/C24H29N5O5/c1-24(23(33)25-15-9-5-4-6-10-15)14-29-19(21(31)28(24)2)13-18(27-29)20(30)26-17-12-8-7-11-16(17)22(32)34-3/h7-8,11-13,15H,4-6,9-10,14H2,1-3H3,(H,25,33)(H,26,30)/t24-/m1/s1. The number of carbonyl (C=O) groups excluding carboxylic acids is 4. The Hall–Kier alpha value is -3.69. The van der Waals surface area contributed by atoms with Gasteiger partial charge in [-0.05, 0) is 31.9 Å². The first kappa shape index (κ1) is 23.5. The minimum Gasteiger partial charge on any atom is -0.465 e. The van der Waals surface area contributed by atoms with Crippen LogP contribution in [0.5, 0.6) is 0 Å². The minimum atomic E-state index is -1.14. The van der Waals surface area contributed by atoms with Crippen molar-refractivity contribution in [1.82, 2.24) is 20.0 Å². The molecule has 34 heavy (non-hydrogen) atoms. The van der Waals surface area contributed by atoms with Crippen LogP contribution in [-0.4, -0.2) is 64.1 Å². The molecule has 10 heteroatoms. The van der Waals surface area contributed by atoms with Gasteiger partial charge >= 0.3 is 5.97 Å². The monoisotopic (exact) mass is 467 g/mol. The predicted molar refractivity (Wildman–Crippen MR) is 123 cm³/mol. The molecule has 1 saturated carbocycles. The molecule has 0 spiro atoms. The van der Waals surface area contributed by atoms with Crippen LogP contribution in [0.15, 0.2) is 30.3 Å². The van der Waals surface area contributed by atoms with Crippen LogP contribution in [0, 0.1) is 0 Å². The van der Waals surface area contributed by atoms with E-state index in [2.05, 4.69) is 15.7 Å². The lowest BCUT2D eigenvalue weighted by Crippen LogP contribution is -2.63. The Morgan fingerprint density at radius 2 is 1.85 bits per heavy atom. The van der Waals surface area contributed by atoms with Gasteiger partial charge in [0.2, 0.25) is 5.91 Å². The fraction of sp³-hybridized carbons (Fsp3) is 0.458. The first-order valence-corrected chi connectivity index (χ1v) is 11.4. The van der Waals surface area contributed by atoms with E-state index >= 15 is 0 Å². The van der Waals surface area contributed by atoms with Crippen LogP contribution in [0.2, 0.25) is 0 Å². The van der Waals surface area contributed by atoms with Crippen LogP contribution in [0.4, 0.5) is 5.69 Å². The Balaban J connectivity index is 1.55. The lowest BCUT2D eigenvalue weighted by molar-refractivity contribution is -0.133. The van der Waals surface area contributed by atoms with E-state index in [0.29, 0.717) is 0 Å². The van der Waals surface area contributed by atoms with Gasteiger partial charge in [-0.1, -0.05) is 31.4 Å². The normalized spacial score (nSPS) is 20.4. The number of ether oxygens (including phenoxy) is 1. The molecule has 1 atom stereocenters. The SMILES string of the molecule is COC(=O)c1ccccc1NC(=O)c1cc2n(n1)C[C@](C)(C(=O)NC1CCCCC1)N(C)C2=O. The number of carbonyl (C=O) groups is 4. The molecule has 180 valence electrons. The summed E-state index contributed by atoms with van der Waals surface area (Å²) >= 11 is 0. The van der Waals surface area contributed by atoms with Crippen molar-refractivity contribution in [3.8, 4) is 0 Å². The number of esters is 1. The first-order chi connectivity index (χ1) is 16.2. The number of aromatic nitrogens is 2. The fourth-order valence-electron chi connectivity index (χ4n) is 4.49. The molecule has 1 aromatic heterocycles. The lowest BCUT2D eigenvalue weighted by Gasteiger charge is -2.41. The number of methoxy groups -OCH3 is 1. The highest BCUT2D eigenvalue weighted by Gasteiger charge is 2.46. The summed E-state index contributed by atoms with van der Waals surface area (Å²) in [7, 11) is 2.85. The van der Waals surface area contributed by atoms with E-state index in [9.17, 15) is 19.2 Å². The topological polar surface area (TPSA) is 123 Å². The van der Waals surface area contributed by atoms with Gasteiger partial charge in [-0.3, -0.25) is 19.1 Å².